The highest BCUT2D eigenvalue weighted by Gasteiger charge is 2.38. The number of carbonyl (C=O) groups excluding carboxylic acids is 1. The van der Waals surface area contributed by atoms with E-state index in [1.165, 1.54) is 12.1 Å². The largest absolute Gasteiger partial charge is 0.471 e. The van der Waals surface area contributed by atoms with Crippen molar-refractivity contribution in [2.45, 2.75) is 19.5 Å². The summed E-state index contributed by atoms with van der Waals surface area (Å²) in [7, 11) is 0. The van der Waals surface area contributed by atoms with Crippen LogP contribution in [0.15, 0.2) is 46.6 Å². The van der Waals surface area contributed by atoms with Crippen LogP contribution in [-0.2, 0) is 11.2 Å². The van der Waals surface area contributed by atoms with Crippen molar-refractivity contribution in [1.29, 1.82) is 0 Å². The maximum Gasteiger partial charge on any atom is 0.471 e. The first-order valence-electron chi connectivity index (χ1n) is 8.34. The smallest absolute Gasteiger partial charge is 0.454 e. The van der Waals surface area contributed by atoms with Gasteiger partial charge in [0.15, 0.2) is 11.5 Å². The number of halogens is 3. The van der Waals surface area contributed by atoms with Crippen LogP contribution in [0, 0.1) is 0 Å². The average Bonchev–Trinajstić information content (AvgIpc) is 3.02. The summed E-state index contributed by atoms with van der Waals surface area (Å²) in [5.74, 6) is -0.775. The van der Waals surface area contributed by atoms with E-state index < -0.39 is 12.1 Å². The molecule has 0 aromatic heterocycles. The molecule has 0 saturated heterocycles. The van der Waals surface area contributed by atoms with Crippen LogP contribution in [0.5, 0.6) is 11.5 Å². The second-order valence-electron chi connectivity index (χ2n) is 6.35. The molecule has 0 fully saturated rings. The molecule has 2 aliphatic heterocycles. The van der Waals surface area contributed by atoms with E-state index in [1.807, 2.05) is 24.4 Å². The van der Waals surface area contributed by atoms with Crippen LogP contribution in [0.4, 0.5) is 18.9 Å². The van der Waals surface area contributed by atoms with Crippen molar-refractivity contribution in [2.24, 2.45) is 10.2 Å². The zero-order valence-electron chi connectivity index (χ0n) is 14.6. The third kappa shape index (κ3) is 3.42. The Bertz CT molecular complexity index is 1010. The predicted molar refractivity (Wildman–Crippen MR) is 96.1 cm³/mol. The van der Waals surface area contributed by atoms with E-state index in [-0.39, 0.29) is 12.5 Å². The number of hydrogen-bond donors (Lipinski definition) is 1. The van der Waals surface area contributed by atoms with Crippen molar-refractivity contribution < 1.29 is 27.4 Å². The zero-order valence-corrected chi connectivity index (χ0v) is 14.6. The van der Waals surface area contributed by atoms with Crippen LogP contribution in [0.2, 0.25) is 0 Å². The summed E-state index contributed by atoms with van der Waals surface area (Å²) in [6.07, 6.45) is -4.36. The van der Waals surface area contributed by atoms with Crippen LogP contribution < -0.4 is 14.8 Å². The number of anilines is 1. The molecule has 0 atom stereocenters. The molecule has 1 N–H and O–H groups in total. The standard InChI is InChI=1S/C19H14F3N3O3/c1-10-6-12-7-15-16(28-9-27-15)8-14(12)17(25-24-10)11-2-4-13(5-3-11)23-18(26)19(20,21)22/h2-5,7-8H,6,9H2,1H3,(H,23,26). The Morgan fingerprint density at radius 3 is 2.43 bits per heavy atom. The molecule has 1 amide bonds. The van der Waals surface area contributed by atoms with E-state index in [9.17, 15) is 18.0 Å². The topological polar surface area (TPSA) is 72.3 Å². The van der Waals surface area contributed by atoms with Gasteiger partial charge in [-0.25, -0.2) is 0 Å². The molecule has 0 saturated carbocycles. The highest BCUT2D eigenvalue weighted by atomic mass is 19.4. The van der Waals surface area contributed by atoms with Gasteiger partial charge in [-0.3, -0.25) is 4.79 Å². The van der Waals surface area contributed by atoms with Gasteiger partial charge < -0.3 is 14.8 Å². The summed E-state index contributed by atoms with van der Waals surface area (Å²) in [5, 5.41) is 10.3. The Kier molecular flexibility index (Phi) is 4.29. The van der Waals surface area contributed by atoms with Crippen molar-refractivity contribution in [3.05, 3.63) is 53.1 Å². The molecule has 0 aliphatic carbocycles. The lowest BCUT2D eigenvalue weighted by molar-refractivity contribution is -0.167. The molecule has 0 unspecified atom stereocenters. The monoisotopic (exact) mass is 389 g/mol. The van der Waals surface area contributed by atoms with Gasteiger partial charge >= 0.3 is 12.1 Å². The van der Waals surface area contributed by atoms with Gasteiger partial charge in [-0.1, -0.05) is 12.1 Å². The summed E-state index contributed by atoms with van der Waals surface area (Å²) in [6.45, 7) is 2.00. The van der Waals surface area contributed by atoms with Crippen molar-refractivity contribution >= 4 is 23.0 Å². The molecule has 28 heavy (non-hydrogen) atoms. The second kappa shape index (κ2) is 6.66. The third-order valence-electron chi connectivity index (χ3n) is 4.29. The third-order valence-corrected chi connectivity index (χ3v) is 4.29. The van der Waals surface area contributed by atoms with E-state index >= 15 is 0 Å². The van der Waals surface area contributed by atoms with Gasteiger partial charge in [-0.05, 0) is 36.8 Å². The average molecular weight is 389 g/mol. The number of alkyl halides is 3. The lowest BCUT2D eigenvalue weighted by Crippen LogP contribution is -2.29. The highest BCUT2D eigenvalue weighted by Crippen LogP contribution is 2.36. The quantitative estimate of drug-likeness (QED) is 0.852. The second-order valence-corrected chi connectivity index (χ2v) is 6.35. The maximum absolute atomic E-state index is 12.4. The number of amides is 1. The van der Waals surface area contributed by atoms with Gasteiger partial charge in [0.1, 0.15) is 5.71 Å². The van der Waals surface area contributed by atoms with E-state index in [2.05, 4.69) is 10.2 Å². The van der Waals surface area contributed by atoms with E-state index in [0.717, 1.165) is 16.8 Å². The molecule has 0 radical (unpaired) electrons. The van der Waals surface area contributed by atoms with Crippen LogP contribution in [0.1, 0.15) is 23.6 Å². The summed E-state index contributed by atoms with van der Waals surface area (Å²) in [6, 6.07) is 9.63. The molecule has 0 spiro atoms. The molecule has 2 aromatic rings. The number of ether oxygens (including phenoxy) is 2. The Morgan fingerprint density at radius 1 is 1.07 bits per heavy atom. The molecule has 2 aliphatic rings. The number of hydrogen-bond acceptors (Lipinski definition) is 5. The van der Waals surface area contributed by atoms with Gasteiger partial charge in [-0.2, -0.15) is 18.3 Å². The molecular weight excluding hydrogens is 375 g/mol. The lowest BCUT2D eigenvalue weighted by Gasteiger charge is -2.12. The van der Waals surface area contributed by atoms with E-state index in [4.69, 9.17) is 9.47 Å². The first-order chi connectivity index (χ1) is 13.3. The Labute approximate surface area is 157 Å². The van der Waals surface area contributed by atoms with Gasteiger partial charge in [0.2, 0.25) is 6.79 Å². The number of nitrogens with one attached hydrogen (secondary N) is 1. The first-order valence-corrected chi connectivity index (χ1v) is 8.34. The van der Waals surface area contributed by atoms with E-state index in [1.54, 1.807) is 12.1 Å². The molecule has 9 heteroatoms. The van der Waals surface area contributed by atoms with Gasteiger partial charge in [-0.15, -0.1) is 5.10 Å². The van der Waals surface area contributed by atoms with Crippen molar-refractivity contribution in [1.82, 2.24) is 0 Å². The summed E-state index contributed by atoms with van der Waals surface area (Å²) in [5.41, 5.74) is 3.80. The summed E-state index contributed by atoms with van der Waals surface area (Å²) in [4.78, 5) is 11.1. The number of benzene rings is 2. The number of fused-ring (bicyclic) bond motifs is 2. The Morgan fingerprint density at radius 2 is 1.75 bits per heavy atom. The number of rotatable bonds is 2. The molecule has 0 bridgehead atoms. The zero-order chi connectivity index (χ0) is 19.9. The fourth-order valence-corrected chi connectivity index (χ4v) is 2.98. The van der Waals surface area contributed by atoms with Crippen molar-refractivity contribution in [2.75, 3.05) is 12.1 Å². The number of nitrogens with zero attached hydrogens (tertiary/aromatic N) is 2. The summed E-state index contributed by atoms with van der Waals surface area (Å²) >= 11 is 0. The molecule has 2 aromatic carbocycles. The summed E-state index contributed by atoms with van der Waals surface area (Å²) < 4.78 is 48.0. The van der Waals surface area contributed by atoms with Gasteiger partial charge in [0.05, 0.1) is 0 Å². The fraction of sp³-hybridized carbons (Fsp3) is 0.211. The van der Waals surface area contributed by atoms with Crippen LogP contribution in [0.25, 0.3) is 0 Å². The minimum absolute atomic E-state index is 0.0332. The Balaban J connectivity index is 1.68. The van der Waals surface area contributed by atoms with Crippen molar-refractivity contribution in [3.8, 4) is 11.5 Å². The Hall–Kier alpha value is -3.36. The molecule has 2 heterocycles. The number of carbonyl (C=O) groups is 1. The normalized spacial score (nSPS) is 15.3. The first kappa shape index (κ1) is 18.0. The minimum Gasteiger partial charge on any atom is -0.454 e. The van der Waals surface area contributed by atoms with Gasteiger partial charge in [0, 0.05) is 28.9 Å². The maximum atomic E-state index is 12.4. The van der Waals surface area contributed by atoms with Crippen LogP contribution in [-0.4, -0.2) is 30.3 Å². The minimum atomic E-state index is -4.95. The molecular formula is C19H14F3N3O3. The fourth-order valence-electron chi connectivity index (χ4n) is 2.98. The van der Waals surface area contributed by atoms with Crippen LogP contribution >= 0.6 is 0 Å². The van der Waals surface area contributed by atoms with Crippen LogP contribution in [0.3, 0.4) is 0 Å². The van der Waals surface area contributed by atoms with Gasteiger partial charge in [0.25, 0.3) is 0 Å². The highest BCUT2D eigenvalue weighted by molar-refractivity contribution is 6.15. The van der Waals surface area contributed by atoms with E-state index in [0.29, 0.717) is 29.2 Å². The molecule has 4 rings (SSSR count). The van der Waals surface area contributed by atoms with Crippen molar-refractivity contribution in [3.63, 3.8) is 0 Å². The molecule has 144 valence electrons. The predicted octanol–water partition coefficient (Wildman–Crippen LogP) is 3.69. The SMILES string of the molecule is CC1=NN=C(c2ccc(NC(=O)C(F)(F)F)cc2)c2cc3c(cc2C1)OCO3. The molecule has 6 nitrogen and oxygen atoms in total. The lowest BCUT2D eigenvalue weighted by atomic mass is 9.94.